The number of hydrogen-bond acceptors (Lipinski definition) is 5. The highest BCUT2D eigenvalue weighted by atomic mass is 16.5. The van der Waals surface area contributed by atoms with Crippen LogP contribution in [0.3, 0.4) is 0 Å². The minimum absolute atomic E-state index is 0.0604. The fourth-order valence-electron chi connectivity index (χ4n) is 3.07. The number of hydrogen-bond donors (Lipinski definition) is 1. The summed E-state index contributed by atoms with van der Waals surface area (Å²) in [5.41, 5.74) is 0.877. The lowest BCUT2D eigenvalue weighted by molar-refractivity contribution is 0.0714. The number of nitrogens with one attached hydrogen (secondary N) is 1. The quantitative estimate of drug-likeness (QED) is 0.620. The molecule has 0 spiro atoms. The molecule has 1 heterocycles. The van der Waals surface area contributed by atoms with Crippen LogP contribution < -0.4 is 10.1 Å². The SMILES string of the molecule is CCCCOc1ccc(C(=O)N(Cc2nc(C(=O)NC3CC3)co2)C2CC2)cc1. The number of oxazole rings is 1. The van der Waals surface area contributed by atoms with Crippen molar-refractivity contribution >= 4 is 11.8 Å². The third kappa shape index (κ3) is 5.16. The first kappa shape index (κ1) is 19.5. The molecule has 2 fully saturated rings. The second-order valence-corrected chi connectivity index (χ2v) is 7.76. The Labute approximate surface area is 170 Å². The van der Waals surface area contributed by atoms with E-state index >= 15 is 0 Å². The minimum Gasteiger partial charge on any atom is -0.494 e. The molecular formula is C22H27N3O4. The predicted molar refractivity (Wildman–Crippen MR) is 107 cm³/mol. The maximum atomic E-state index is 13.0. The van der Waals surface area contributed by atoms with Crippen LogP contribution in [0, 0.1) is 0 Å². The van der Waals surface area contributed by atoms with Gasteiger partial charge in [-0.1, -0.05) is 13.3 Å². The van der Waals surface area contributed by atoms with Gasteiger partial charge < -0.3 is 19.4 Å². The highest BCUT2D eigenvalue weighted by Gasteiger charge is 2.34. The van der Waals surface area contributed by atoms with Crippen molar-refractivity contribution in [1.29, 1.82) is 0 Å². The zero-order chi connectivity index (χ0) is 20.2. The number of nitrogens with zero attached hydrogens (tertiary/aromatic N) is 2. The van der Waals surface area contributed by atoms with Gasteiger partial charge in [-0.2, -0.15) is 0 Å². The van der Waals surface area contributed by atoms with Crippen LogP contribution in [0.5, 0.6) is 5.75 Å². The van der Waals surface area contributed by atoms with Crippen molar-refractivity contribution in [3.05, 3.63) is 47.7 Å². The number of rotatable bonds is 10. The van der Waals surface area contributed by atoms with Crippen LogP contribution in [0.1, 0.15) is 72.2 Å². The van der Waals surface area contributed by atoms with E-state index in [1.807, 2.05) is 12.1 Å². The number of aromatic nitrogens is 1. The Morgan fingerprint density at radius 1 is 1.21 bits per heavy atom. The van der Waals surface area contributed by atoms with Crippen molar-refractivity contribution in [2.24, 2.45) is 0 Å². The molecule has 154 valence electrons. The van der Waals surface area contributed by atoms with Gasteiger partial charge in [-0.3, -0.25) is 9.59 Å². The average Bonchev–Trinajstić information content (AvgIpc) is 3.66. The van der Waals surface area contributed by atoms with E-state index in [1.54, 1.807) is 17.0 Å². The van der Waals surface area contributed by atoms with Crippen molar-refractivity contribution < 1.29 is 18.7 Å². The topological polar surface area (TPSA) is 84.7 Å². The van der Waals surface area contributed by atoms with Crippen LogP contribution in [0.15, 0.2) is 34.9 Å². The third-order valence-electron chi connectivity index (χ3n) is 5.12. The second-order valence-electron chi connectivity index (χ2n) is 7.76. The smallest absolute Gasteiger partial charge is 0.273 e. The van der Waals surface area contributed by atoms with Gasteiger partial charge in [0, 0.05) is 17.6 Å². The highest BCUT2D eigenvalue weighted by molar-refractivity contribution is 5.95. The van der Waals surface area contributed by atoms with Crippen molar-refractivity contribution in [3.8, 4) is 5.75 Å². The number of amides is 2. The van der Waals surface area contributed by atoms with E-state index in [0.717, 1.165) is 44.3 Å². The first-order chi connectivity index (χ1) is 14.1. The molecule has 0 aliphatic heterocycles. The van der Waals surface area contributed by atoms with Gasteiger partial charge in [0.2, 0.25) is 5.89 Å². The zero-order valence-electron chi connectivity index (χ0n) is 16.7. The number of benzene rings is 1. The molecule has 0 saturated heterocycles. The molecule has 4 rings (SSSR count). The van der Waals surface area contributed by atoms with Gasteiger partial charge in [-0.05, 0) is 56.4 Å². The Kier molecular flexibility index (Phi) is 5.83. The second kappa shape index (κ2) is 8.68. The maximum absolute atomic E-state index is 13.0. The lowest BCUT2D eigenvalue weighted by Gasteiger charge is -2.21. The first-order valence-corrected chi connectivity index (χ1v) is 10.4. The molecule has 1 N–H and O–H groups in total. The Morgan fingerprint density at radius 3 is 2.62 bits per heavy atom. The van der Waals surface area contributed by atoms with E-state index in [9.17, 15) is 9.59 Å². The standard InChI is InChI=1S/C22H27N3O4/c1-2-3-12-28-18-10-4-15(5-11-18)22(27)25(17-8-9-17)13-20-24-19(14-29-20)21(26)23-16-6-7-16/h4-5,10-11,14,16-17H,2-3,6-9,12-13H2,1H3,(H,23,26). The van der Waals surface area contributed by atoms with E-state index in [4.69, 9.17) is 9.15 Å². The normalized spacial score (nSPS) is 15.8. The molecule has 2 aliphatic rings. The lowest BCUT2D eigenvalue weighted by atomic mass is 10.2. The molecule has 29 heavy (non-hydrogen) atoms. The Morgan fingerprint density at radius 2 is 1.97 bits per heavy atom. The summed E-state index contributed by atoms with van der Waals surface area (Å²) in [6, 6.07) is 7.71. The summed E-state index contributed by atoms with van der Waals surface area (Å²) in [7, 11) is 0. The van der Waals surface area contributed by atoms with E-state index in [0.29, 0.717) is 18.1 Å². The van der Waals surface area contributed by atoms with E-state index < -0.39 is 0 Å². The number of ether oxygens (including phenoxy) is 1. The lowest BCUT2D eigenvalue weighted by Crippen LogP contribution is -2.32. The van der Waals surface area contributed by atoms with Gasteiger partial charge in [-0.25, -0.2) is 4.98 Å². The monoisotopic (exact) mass is 397 g/mol. The first-order valence-electron chi connectivity index (χ1n) is 10.4. The minimum atomic E-state index is -0.217. The molecule has 7 nitrogen and oxygen atoms in total. The van der Waals surface area contributed by atoms with Gasteiger partial charge in [0.05, 0.1) is 13.2 Å². The fourth-order valence-corrected chi connectivity index (χ4v) is 3.07. The maximum Gasteiger partial charge on any atom is 0.273 e. The molecule has 2 aliphatic carbocycles. The fraction of sp³-hybridized carbons (Fsp3) is 0.500. The molecule has 2 aromatic rings. The zero-order valence-corrected chi connectivity index (χ0v) is 16.7. The molecule has 7 heteroatoms. The summed E-state index contributed by atoms with van der Waals surface area (Å²) in [5.74, 6) is 0.873. The Hall–Kier alpha value is -2.83. The largest absolute Gasteiger partial charge is 0.494 e. The summed E-state index contributed by atoms with van der Waals surface area (Å²) < 4.78 is 11.1. The third-order valence-corrected chi connectivity index (χ3v) is 5.12. The number of unbranched alkanes of at least 4 members (excludes halogenated alkanes) is 1. The van der Waals surface area contributed by atoms with Crippen molar-refractivity contribution in [3.63, 3.8) is 0 Å². The Balaban J connectivity index is 1.39. The van der Waals surface area contributed by atoms with Crippen LogP contribution in [0.2, 0.25) is 0 Å². The summed E-state index contributed by atoms with van der Waals surface area (Å²) in [4.78, 5) is 31.2. The summed E-state index contributed by atoms with van der Waals surface area (Å²) in [5, 5.41) is 2.89. The molecule has 2 amide bonds. The van der Waals surface area contributed by atoms with Crippen LogP contribution in [0.25, 0.3) is 0 Å². The molecule has 0 bridgehead atoms. The van der Waals surface area contributed by atoms with Gasteiger partial charge in [0.25, 0.3) is 11.8 Å². The van der Waals surface area contributed by atoms with Crippen LogP contribution in [-0.2, 0) is 6.54 Å². The highest BCUT2D eigenvalue weighted by Crippen LogP contribution is 2.30. The molecular weight excluding hydrogens is 370 g/mol. The molecule has 0 unspecified atom stereocenters. The van der Waals surface area contributed by atoms with Crippen LogP contribution in [-0.4, -0.2) is 40.4 Å². The number of carbonyl (C=O) groups excluding carboxylic acids is 2. The van der Waals surface area contributed by atoms with Gasteiger partial charge in [-0.15, -0.1) is 0 Å². The molecule has 2 saturated carbocycles. The van der Waals surface area contributed by atoms with Gasteiger partial charge in [0.1, 0.15) is 12.0 Å². The van der Waals surface area contributed by atoms with Crippen LogP contribution >= 0.6 is 0 Å². The average molecular weight is 397 g/mol. The predicted octanol–water partition coefficient (Wildman–Crippen LogP) is 3.55. The van der Waals surface area contributed by atoms with Gasteiger partial charge >= 0.3 is 0 Å². The summed E-state index contributed by atoms with van der Waals surface area (Å²) >= 11 is 0. The molecule has 1 aromatic heterocycles. The van der Waals surface area contributed by atoms with E-state index in [2.05, 4.69) is 17.2 Å². The Bertz CT molecular complexity index is 853. The summed E-state index contributed by atoms with van der Waals surface area (Å²) in [6.07, 6.45) is 7.43. The number of carbonyl (C=O) groups is 2. The van der Waals surface area contributed by atoms with E-state index in [1.165, 1.54) is 6.26 Å². The summed E-state index contributed by atoms with van der Waals surface area (Å²) in [6.45, 7) is 3.06. The molecule has 0 atom stereocenters. The van der Waals surface area contributed by atoms with Crippen molar-refractivity contribution in [1.82, 2.24) is 15.2 Å². The van der Waals surface area contributed by atoms with E-state index in [-0.39, 0.29) is 36.1 Å². The van der Waals surface area contributed by atoms with Crippen molar-refractivity contribution in [2.45, 2.75) is 64.1 Å². The van der Waals surface area contributed by atoms with Crippen molar-refractivity contribution in [2.75, 3.05) is 6.61 Å². The van der Waals surface area contributed by atoms with Gasteiger partial charge in [0.15, 0.2) is 5.69 Å². The molecule has 0 radical (unpaired) electrons. The molecule has 1 aromatic carbocycles. The van der Waals surface area contributed by atoms with Crippen LogP contribution in [0.4, 0.5) is 0 Å².